The van der Waals surface area contributed by atoms with E-state index >= 15 is 0 Å². The second kappa shape index (κ2) is 4.24. The van der Waals surface area contributed by atoms with Gasteiger partial charge in [0.2, 0.25) is 0 Å². The van der Waals surface area contributed by atoms with Gasteiger partial charge in [-0.05, 0) is 38.2 Å². The van der Waals surface area contributed by atoms with Gasteiger partial charge in [0.05, 0.1) is 0 Å². The first-order valence-electron chi connectivity index (χ1n) is 4.56. The molecule has 0 saturated carbocycles. The van der Waals surface area contributed by atoms with E-state index in [4.69, 9.17) is 0 Å². The zero-order valence-electron chi connectivity index (χ0n) is 7.84. The Morgan fingerprint density at radius 1 is 1.67 bits per heavy atom. The lowest BCUT2D eigenvalue weighted by Crippen LogP contribution is -2.00. The van der Waals surface area contributed by atoms with Crippen LogP contribution in [0.3, 0.4) is 0 Å². The van der Waals surface area contributed by atoms with Crippen LogP contribution >= 0.6 is 0 Å². The van der Waals surface area contributed by atoms with Gasteiger partial charge in [0.25, 0.3) is 0 Å². The van der Waals surface area contributed by atoms with Gasteiger partial charge in [0.1, 0.15) is 0 Å². The maximum absolute atomic E-state index is 10.6. The molecule has 0 radical (unpaired) electrons. The Morgan fingerprint density at radius 2 is 2.42 bits per heavy atom. The van der Waals surface area contributed by atoms with E-state index in [1.165, 1.54) is 12.0 Å². The third kappa shape index (κ3) is 3.04. The number of rotatable bonds is 2. The topological polar surface area (TPSA) is 17.1 Å². The molecule has 1 aliphatic carbocycles. The summed E-state index contributed by atoms with van der Waals surface area (Å²) < 4.78 is 0. The minimum atomic E-state index is 0.134. The van der Waals surface area contributed by atoms with Crippen LogP contribution in [0.5, 0.6) is 0 Å². The fraction of sp³-hybridized carbons (Fsp3) is 0.545. The molecule has 0 aromatic heterocycles. The van der Waals surface area contributed by atoms with Gasteiger partial charge >= 0.3 is 0 Å². The van der Waals surface area contributed by atoms with Crippen LogP contribution in [0.4, 0.5) is 0 Å². The SMILES string of the molecule is CC(=O)/C=C/C1=CCC(C)CC1. The highest BCUT2D eigenvalue weighted by molar-refractivity contribution is 5.87. The van der Waals surface area contributed by atoms with Crippen molar-refractivity contribution in [3.8, 4) is 0 Å². The molecule has 0 heterocycles. The lowest BCUT2D eigenvalue weighted by molar-refractivity contribution is -0.112. The van der Waals surface area contributed by atoms with Gasteiger partial charge in [-0.15, -0.1) is 0 Å². The number of carbonyl (C=O) groups excluding carboxylic acids is 1. The van der Waals surface area contributed by atoms with Gasteiger partial charge in [0.15, 0.2) is 5.78 Å². The second-order valence-electron chi connectivity index (χ2n) is 3.60. The molecule has 66 valence electrons. The van der Waals surface area contributed by atoms with Crippen LogP contribution in [0.25, 0.3) is 0 Å². The summed E-state index contributed by atoms with van der Waals surface area (Å²) in [6.45, 7) is 3.85. The molecule has 1 aliphatic rings. The fourth-order valence-corrected chi connectivity index (χ4v) is 1.36. The summed E-state index contributed by atoms with van der Waals surface area (Å²) in [5.74, 6) is 0.953. The van der Waals surface area contributed by atoms with Crippen molar-refractivity contribution in [3.05, 3.63) is 23.8 Å². The molecule has 0 N–H and O–H groups in total. The van der Waals surface area contributed by atoms with Gasteiger partial charge in [-0.1, -0.05) is 24.6 Å². The summed E-state index contributed by atoms with van der Waals surface area (Å²) in [5, 5.41) is 0. The number of carbonyl (C=O) groups is 1. The molecule has 1 unspecified atom stereocenters. The van der Waals surface area contributed by atoms with Crippen molar-refractivity contribution in [1.82, 2.24) is 0 Å². The average Bonchev–Trinajstić information content (AvgIpc) is 2.03. The van der Waals surface area contributed by atoms with Crippen molar-refractivity contribution in [3.63, 3.8) is 0 Å². The van der Waals surface area contributed by atoms with Gasteiger partial charge < -0.3 is 0 Å². The molecule has 1 heteroatoms. The van der Waals surface area contributed by atoms with Gasteiger partial charge in [-0.2, -0.15) is 0 Å². The van der Waals surface area contributed by atoms with Crippen LogP contribution in [-0.2, 0) is 4.79 Å². The van der Waals surface area contributed by atoms with E-state index in [0.717, 1.165) is 18.8 Å². The van der Waals surface area contributed by atoms with Crippen LogP contribution in [0.15, 0.2) is 23.8 Å². The highest BCUT2D eigenvalue weighted by Crippen LogP contribution is 2.23. The molecule has 12 heavy (non-hydrogen) atoms. The maximum Gasteiger partial charge on any atom is 0.152 e. The smallest absolute Gasteiger partial charge is 0.152 e. The molecule has 0 spiro atoms. The zero-order valence-corrected chi connectivity index (χ0v) is 7.84. The normalized spacial score (nSPS) is 24.2. The van der Waals surface area contributed by atoms with E-state index < -0.39 is 0 Å². The Bertz CT molecular complexity index is 223. The van der Waals surface area contributed by atoms with Crippen LogP contribution in [-0.4, -0.2) is 5.78 Å². The highest BCUT2D eigenvalue weighted by Gasteiger charge is 2.07. The number of hydrogen-bond acceptors (Lipinski definition) is 1. The monoisotopic (exact) mass is 164 g/mol. The Morgan fingerprint density at radius 3 is 2.92 bits per heavy atom. The first-order valence-corrected chi connectivity index (χ1v) is 4.56. The summed E-state index contributed by atoms with van der Waals surface area (Å²) in [6.07, 6.45) is 9.40. The molecule has 0 aromatic carbocycles. The molecule has 0 fully saturated rings. The standard InChI is InChI=1S/C11H16O/c1-9-3-6-11(7-4-9)8-5-10(2)12/h5-6,8-9H,3-4,7H2,1-2H3/b8-5+. The van der Waals surface area contributed by atoms with E-state index in [2.05, 4.69) is 13.0 Å². The Labute approximate surface area is 74.2 Å². The Balaban J connectivity index is 2.49. The van der Waals surface area contributed by atoms with Gasteiger partial charge in [-0.25, -0.2) is 0 Å². The summed E-state index contributed by atoms with van der Waals surface area (Å²) in [4.78, 5) is 10.6. The maximum atomic E-state index is 10.6. The van der Waals surface area contributed by atoms with Crippen LogP contribution in [0, 0.1) is 5.92 Å². The Kier molecular flexibility index (Phi) is 3.27. The summed E-state index contributed by atoms with van der Waals surface area (Å²) in [6, 6.07) is 0. The second-order valence-corrected chi connectivity index (χ2v) is 3.60. The number of ketones is 1. The molecule has 0 aliphatic heterocycles. The van der Waals surface area contributed by atoms with E-state index in [9.17, 15) is 4.79 Å². The van der Waals surface area contributed by atoms with Crippen molar-refractivity contribution in [2.45, 2.75) is 33.1 Å². The lowest BCUT2D eigenvalue weighted by Gasteiger charge is -2.15. The molecule has 0 saturated heterocycles. The number of allylic oxidation sites excluding steroid dienone is 4. The molecule has 0 amide bonds. The van der Waals surface area contributed by atoms with E-state index in [-0.39, 0.29) is 5.78 Å². The van der Waals surface area contributed by atoms with E-state index in [1.807, 2.05) is 6.08 Å². The van der Waals surface area contributed by atoms with Crippen molar-refractivity contribution >= 4 is 5.78 Å². The fourth-order valence-electron chi connectivity index (χ4n) is 1.36. The van der Waals surface area contributed by atoms with Crippen LogP contribution in [0.1, 0.15) is 33.1 Å². The van der Waals surface area contributed by atoms with Gasteiger partial charge in [-0.3, -0.25) is 4.79 Å². The largest absolute Gasteiger partial charge is 0.295 e. The molecular weight excluding hydrogens is 148 g/mol. The quantitative estimate of drug-likeness (QED) is 0.573. The molecule has 1 nitrogen and oxygen atoms in total. The van der Waals surface area contributed by atoms with Crippen molar-refractivity contribution in [1.29, 1.82) is 0 Å². The molecule has 1 rings (SSSR count). The van der Waals surface area contributed by atoms with Crippen molar-refractivity contribution < 1.29 is 4.79 Å². The van der Waals surface area contributed by atoms with E-state index in [1.54, 1.807) is 13.0 Å². The molecule has 1 atom stereocenters. The van der Waals surface area contributed by atoms with E-state index in [0.29, 0.717) is 0 Å². The Hall–Kier alpha value is -0.850. The molecule has 0 aromatic rings. The minimum Gasteiger partial charge on any atom is -0.295 e. The third-order valence-electron chi connectivity index (χ3n) is 2.24. The zero-order chi connectivity index (χ0) is 8.97. The van der Waals surface area contributed by atoms with Crippen molar-refractivity contribution in [2.24, 2.45) is 5.92 Å². The minimum absolute atomic E-state index is 0.134. The molecular formula is C11H16O. The van der Waals surface area contributed by atoms with Crippen molar-refractivity contribution in [2.75, 3.05) is 0 Å². The first-order chi connectivity index (χ1) is 5.68. The summed E-state index contributed by atoms with van der Waals surface area (Å²) >= 11 is 0. The lowest BCUT2D eigenvalue weighted by atomic mass is 9.91. The first kappa shape index (κ1) is 9.24. The summed E-state index contributed by atoms with van der Waals surface area (Å²) in [5.41, 5.74) is 1.32. The molecule has 0 bridgehead atoms. The average molecular weight is 164 g/mol. The van der Waals surface area contributed by atoms with Gasteiger partial charge in [0, 0.05) is 0 Å². The summed E-state index contributed by atoms with van der Waals surface area (Å²) in [7, 11) is 0. The number of hydrogen-bond donors (Lipinski definition) is 0. The predicted octanol–water partition coefficient (Wildman–Crippen LogP) is 2.88. The van der Waals surface area contributed by atoms with Crippen LogP contribution < -0.4 is 0 Å². The highest BCUT2D eigenvalue weighted by atomic mass is 16.1. The third-order valence-corrected chi connectivity index (χ3v) is 2.24. The van der Waals surface area contributed by atoms with Crippen LogP contribution in [0.2, 0.25) is 0 Å². The predicted molar refractivity (Wildman–Crippen MR) is 50.9 cm³/mol.